The van der Waals surface area contributed by atoms with E-state index in [2.05, 4.69) is 20.6 Å². The highest BCUT2D eigenvalue weighted by atomic mass is 32.1. The first kappa shape index (κ1) is 28.7. The molecule has 3 amide bonds. The quantitative estimate of drug-likeness (QED) is 0.432. The average Bonchev–Trinajstić information content (AvgIpc) is 3.55. The number of rotatable bonds is 7. The highest BCUT2D eigenvalue weighted by molar-refractivity contribution is 7.17. The number of hydrogen-bond acceptors (Lipinski definition) is 7. The molecular weight excluding hydrogens is 557 g/mol. The molecule has 9 nitrogen and oxygen atoms in total. The van der Waals surface area contributed by atoms with Crippen molar-refractivity contribution in [1.29, 1.82) is 0 Å². The van der Waals surface area contributed by atoms with Crippen LogP contribution in [0.3, 0.4) is 0 Å². The predicted octanol–water partition coefficient (Wildman–Crippen LogP) is 4.11. The van der Waals surface area contributed by atoms with Crippen molar-refractivity contribution in [2.75, 3.05) is 19.6 Å². The van der Waals surface area contributed by atoms with Gasteiger partial charge in [-0.25, -0.2) is 9.99 Å². The van der Waals surface area contributed by atoms with Crippen LogP contribution in [0.1, 0.15) is 58.0 Å². The molecular formula is C28H29F3N6O3S. The number of nitrogens with one attached hydrogen (secondary N) is 2. The smallest absolute Gasteiger partial charge is 0.350 e. The Morgan fingerprint density at radius 1 is 1.17 bits per heavy atom. The number of nitrogens with zero attached hydrogens (tertiary/aromatic N) is 4. The highest BCUT2D eigenvalue weighted by Crippen LogP contribution is 2.32. The van der Waals surface area contributed by atoms with Crippen LogP contribution < -0.4 is 10.6 Å². The summed E-state index contributed by atoms with van der Waals surface area (Å²) in [4.78, 5) is 47.9. The number of hydrazine groups is 1. The molecule has 41 heavy (non-hydrogen) atoms. The third kappa shape index (κ3) is 5.96. The minimum absolute atomic E-state index is 0.0358. The molecule has 2 aliphatic heterocycles. The minimum atomic E-state index is -4.55. The molecule has 0 bridgehead atoms. The molecule has 2 aromatic heterocycles. The van der Waals surface area contributed by atoms with Crippen molar-refractivity contribution in [1.82, 2.24) is 30.6 Å². The summed E-state index contributed by atoms with van der Waals surface area (Å²) < 4.78 is 38.5. The Bertz CT molecular complexity index is 1460. The fraction of sp³-hybridized carbons (Fsp3) is 0.393. The zero-order valence-corrected chi connectivity index (χ0v) is 23.3. The van der Waals surface area contributed by atoms with E-state index in [1.54, 1.807) is 11.9 Å². The number of aryl methyl sites for hydroxylation is 1. The SMILES string of the molecule is CC[C@H](CNC(=O)c1sc(-c2ccc(C(F)(F)F)nc2)nc1C)C(=O)N[C@@H]1C(=O)N2CCCN2Cc2ccccc21. The van der Waals surface area contributed by atoms with Crippen LogP contribution in [0.25, 0.3) is 10.6 Å². The van der Waals surface area contributed by atoms with Crippen LogP contribution in [0.4, 0.5) is 13.2 Å². The summed E-state index contributed by atoms with van der Waals surface area (Å²) in [5.41, 5.74) is 1.51. The van der Waals surface area contributed by atoms with E-state index in [1.807, 2.05) is 36.2 Å². The van der Waals surface area contributed by atoms with Crippen molar-refractivity contribution >= 4 is 29.1 Å². The first-order chi connectivity index (χ1) is 19.6. The summed E-state index contributed by atoms with van der Waals surface area (Å²) in [5.74, 6) is -1.55. The molecule has 1 saturated heterocycles. The Morgan fingerprint density at radius 2 is 1.95 bits per heavy atom. The number of thiazole rings is 1. The van der Waals surface area contributed by atoms with Gasteiger partial charge in [0.05, 0.1) is 11.6 Å². The van der Waals surface area contributed by atoms with Gasteiger partial charge in [-0.05, 0) is 43.0 Å². The van der Waals surface area contributed by atoms with Crippen LogP contribution in [0.15, 0.2) is 42.6 Å². The maximum atomic E-state index is 13.4. The third-order valence-electron chi connectivity index (χ3n) is 7.31. The second kappa shape index (κ2) is 11.6. The number of carbonyl (C=O) groups excluding carboxylic acids is 3. The summed E-state index contributed by atoms with van der Waals surface area (Å²) in [6.07, 6.45) is -2.18. The zero-order chi connectivity index (χ0) is 29.3. The minimum Gasteiger partial charge on any atom is -0.350 e. The van der Waals surface area contributed by atoms with Crippen LogP contribution in [0.5, 0.6) is 0 Å². The number of benzene rings is 1. The number of hydrogen-bond donors (Lipinski definition) is 2. The molecule has 0 radical (unpaired) electrons. The highest BCUT2D eigenvalue weighted by Gasteiger charge is 2.38. The maximum absolute atomic E-state index is 13.4. The van der Waals surface area contributed by atoms with E-state index in [-0.39, 0.29) is 23.2 Å². The normalized spacial score (nSPS) is 17.9. The van der Waals surface area contributed by atoms with Crippen molar-refractivity contribution in [2.45, 2.75) is 45.5 Å². The van der Waals surface area contributed by atoms with Gasteiger partial charge in [-0.15, -0.1) is 11.3 Å². The lowest BCUT2D eigenvalue weighted by Crippen LogP contribution is -2.47. The number of amides is 3. The van der Waals surface area contributed by atoms with Crippen LogP contribution in [0, 0.1) is 12.8 Å². The van der Waals surface area contributed by atoms with E-state index in [9.17, 15) is 27.6 Å². The molecule has 5 rings (SSSR count). The van der Waals surface area contributed by atoms with Crippen LogP contribution in [-0.2, 0) is 22.3 Å². The van der Waals surface area contributed by atoms with Crippen molar-refractivity contribution in [3.05, 3.63) is 70.0 Å². The molecule has 0 spiro atoms. The second-order valence-electron chi connectivity index (χ2n) is 10.0. The molecule has 2 N–H and O–H groups in total. The maximum Gasteiger partial charge on any atom is 0.433 e. The summed E-state index contributed by atoms with van der Waals surface area (Å²) in [5, 5.41) is 9.81. The van der Waals surface area contributed by atoms with Crippen LogP contribution in [0.2, 0.25) is 0 Å². The number of aromatic nitrogens is 2. The summed E-state index contributed by atoms with van der Waals surface area (Å²) in [6.45, 7) is 5.47. The van der Waals surface area contributed by atoms with Crippen molar-refractivity contribution in [2.24, 2.45) is 5.92 Å². The van der Waals surface area contributed by atoms with E-state index < -0.39 is 29.7 Å². The molecule has 0 aliphatic carbocycles. The van der Waals surface area contributed by atoms with Gasteiger partial charge in [0.15, 0.2) is 0 Å². The first-order valence-corrected chi connectivity index (χ1v) is 14.1. The first-order valence-electron chi connectivity index (χ1n) is 13.3. The number of alkyl halides is 3. The number of halogens is 3. The van der Waals surface area contributed by atoms with Gasteiger partial charge in [-0.3, -0.25) is 24.4 Å². The Balaban J connectivity index is 1.26. The number of fused-ring (bicyclic) bond motifs is 2. The summed E-state index contributed by atoms with van der Waals surface area (Å²) in [7, 11) is 0. The molecule has 216 valence electrons. The van der Waals surface area contributed by atoms with Gasteiger partial charge >= 0.3 is 6.18 Å². The van der Waals surface area contributed by atoms with Crippen LogP contribution >= 0.6 is 11.3 Å². The summed E-state index contributed by atoms with van der Waals surface area (Å²) in [6, 6.07) is 8.90. The van der Waals surface area contributed by atoms with Crippen molar-refractivity contribution in [3.63, 3.8) is 0 Å². The molecule has 1 fully saturated rings. The fourth-order valence-corrected chi connectivity index (χ4v) is 6.03. The lowest BCUT2D eigenvalue weighted by atomic mass is 9.98. The third-order valence-corrected chi connectivity index (χ3v) is 8.52. The van der Waals surface area contributed by atoms with Crippen molar-refractivity contribution in [3.8, 4) is 10.6 Å². The van der Waals surface area contributed by atoms with Crippen molar-refractivity contribution < 1.29 is 27.6 Å². The van der Waals surface area contributed by atoms with Gasteiger partial charge < -0.3 is 10.6 Å². The molecule has 13 heteroatoms. The number of pyridine rings is 1. The van der Waals surface area contributed by atoms with Gasteiger partial charge in [0, 0.05) is 37.9 Å². The average molecular weight is 587 g/mol. The second-order valence-corrected chi connectivity index (χ2v) is 11.0. The van der Waals surface area contributed by atoms with E-state index in [1.165, 1.54) is 6.07 Å². The number of carbonyl (C=O) groups is 3. The summed E-state index contributed by atoms with van der Waals surface area (Å²) >= 11 is 1.03. The topological polar surface area (TPSA) is 108 Å². The van der Waals surface area contributed by atoms with Gasteiger partial charge in [0.2, 0.25) is 5.91 Å². The van der Waals surface area contributed by atoms with Gasteiger partial charge in [-0.2, -0.15) is 13.2 Å². The largest absolute Gasteiger partial charge is 0.433 e. The molecule has 1 aromatic carbocycles. The predicted molar refractivity (Wildman–Crippen MR) is 145 cm³/mol. The molecule has 2 atom stereocenters. The molecule has 2 aliphatic rings. The van der Waals surface area contributed by atoms with Gasteiger partial charge in [0.25, 0.3) is 11.8 Å². The molecule has 4 heterocycles. The zero-order valence-electron chi connectivity index (χ0n) is 22.5. The van der Waals surface area contributed by atoms with E-state index in [0.717, 1.165) is 47.7 Å². The lowest BCUT2D eigenvalue weighted by molar-refractivity contribution is -0.148. The fourth-order valence-electron chi connectivity index (χ4n) is 5.05. The Kier molecular flexibility index (Phi) is 8.09. The molecule has 0 unspecified atom stereocenters. The van der Waals surface area contributed by atoms with Gasteiger partial charge in [-0.1, -0.05) is 31.2 Å². The molecule has 3 aromatic rings. The van der Waals surface area contributed by atoms with Gasteiger partial charge in [0.1, 0.15) is 21.6 Å². The monoisotopic (exact) mass is 586 g/mol. The Hall–Kier alpha value is -3.84. The van der Waals surface area contributed by atoms with E-state index in [0.29, 0.717) is 35.8 Å². The Morgan fingerprint density at radius 3 is 2.66 bits per heavy atom. The standard InChI is InChI=1S/C28H29F3N6O3S/c1-3-17(24(38)35-22-20-8-5-4-7-19(20)15-36-11-6-12-37(36)27(22)40)13-33-25(39)23-16(2)34-26(41-23)18-9-10-21(32-14-18)28(29,30)31/h4-5,7-10,14,17,22H,3,6,11-13,15H2,1-2H3,(H,33,39)(H,35,38)/t17-,22+/m1/s1. The lowest BCUT2D eigenvalue weighted by Gasteiger charge is -2.28. The van der Waals surface area contributed by atoms with E-state index in [4.69, 9.17) is 0 Å². The van der Waals surface area contributed by atoms with E-state index >= 15 is 0 Å². The molecule has 0 saturated carbocycles. The Labute approximate surface area is 238 Å². The van der Waals surface area contributed by atoms with Crippen LogP contribution in [-0.4, -0.2) is 57.3 Å².